The van der Waals surface area contributed by atoms with Crippen LogP contribution in [-0.2, 0) is 4.79 Å². The van der Waals surface area contributed by atoms with Crippen molar-refractivity contribution in [2.75, 3.05) is 13.4 Å². The van der Waals surface area contributed by atoms with E-state index in [9.17, 15) is 4.79 Å². The normalized spacial score (nSPS) is 12.5. The highest BCUT2D eigenvalue weighted by molar-refractivity contribution is 9.10. The summed E-state index contributed by atoms with van der Waals surface area (Å²) >= 11 is 6.87. The highest BCUT2D eigenvalue weighted by atomic mass is 79.9. The molecule has 1 N–H and O–H groups in total. The van der Waals surface area contributed by atoms with E-state index in [2.05, 4.69) is 42.4 Å². The summed E-state index contributed by atoms with van der Waals surface area (Å²) in [6.07, 6.45) is 1.53. The molecule has 8 heteroatoms. The van der Waals surface area contributed by atoms with Crippen LogP contribution in [0, 0.1) is 13.8 Å². The van der Waals surface area contributed by atoms with Crippen molar-refractivity contribution >= 4 is 44.0 Å². The monoisotopic (exact) mass is 482 g/mol. The van der Waals surface area contributed by atoms with E-state index in [1.165, 1.54) is 6.21 Å². The Kier molecular flexibility index (Phi) is 5.83. The van der Waals surface area contributed by atoms with Gasteiger partial charge in [0, 0.05) is 14.5 Å². The predicted octanol–water partition coefficient (Wildman–Crippen LogP) is 4.09. The largest absolute Gasteiger partial charge is 0.483 e. The predicted molar refractivity (Wildman–Crippen MR) is 105 cm³/mol. The number of nitrogens with one attached hydrogen (secondary N) is 1. The van der Waals surface area contributed by atoms with Gasteiger partial charge in [0.1, 0.15) is 5.75 Å². The summed E-state index contributed by atoms with van der Waals surface area (Å²) in [6, 6.07) is 7.46. The molecule has 6 nitrogen and oxygen atoms in total. The lowest BCUT2D eigenvalue weighted by Gasteiger charge is -2.11. The molecule has 0 bridgehead atoms. The second-order valence-corrected chi connectivity index (χ2v) is 7.45. The molecule has 0 aromatic heterocycles. The number of amides is 1. The first kappa shape index (κ1) is 18.7. The molecular formula is C18H16Br2N2O4. The lowest BCUT2D eigenvalue weighted by atomic mass is 10.1. The maximum absolute atomic E-state index is 12.0. The van der Waals surface area contributed by atoms with Crippen LogP contribution in [0.5, 0.6) is 17.2 Å². The van der Waals surface area contributed by atoms with Crippen molar-refractivity contribution < 1.29 is 19.0 Å². The van der Waals surface area contributed by atoms with E-state index < -0.39 is 0 Å². The molecule has 0 aliphatic carbocycles. The molecule has 0 spiro atoms. The number of aryl methyl sites for hydroxylation is 2. The van der Waals surface area contributed by atoms with Gasteiger partial charge in [-0.25, -0.2) is 5.43 Å². The van der Waals surface area contributed by atoms with Gasteiger partial charge < -0.3 is 14.2 Å². The third kappa shape index (κ3) is 4.37. The summed E-state index contributed by atoms with van der Waals surface area (Å²) in [5.41, 5.74) is 5.12. The van der Waals surface area contributed by atoms with Crippen LogP contribution in [0.25, 0.3) is 0 Å². The summed E-state index contributed by atoms with van der Waals surface area (Å²) in [4.78, 5) is 12.0. The van der Waals surface area contributed by atoms with Crippen molar-refractivity contribution in [2.24, 2.45) is 5.10 Å². The Morgan fingerprint density at radius 2 is 1.85 bits per heavy atom. The number of hydrazone groups is 1. The molecule has 1 amide bonds. The Hall–Kier alpha value is -2.06. The summed E-state index contributed by atoms with van der Waals surface area (Å²) in [6.45, 7) is 3.94. The molecule has 0 saturated carbocycles. The van der Waals surface area contributed by atoms with Crippen LogP contribution in [0.3, 0.4) is 0 Å². The fourth-order valence-corrected chi connectivity index (χ4v) is 3.61. The number of ether oxygens (including phenoxy) is 3. The summed E-state index contributed by atoms with van der Waals surface area (Å²) in [5, 5.41) is 3.96. The van der Waals surface area contributed by atoms with Crippen molar-refractivity contribution in [3.05, 3.63) is 49.9 Å². The Bertz CT molecular complexity index is 861. The third-order valence-electron chi connectivity index (χ3n) is 3.66. The number of carbonyl (C=O) groups excluding carboxylic acids is 1. The maximum atomic E-state index is 12.0. The summed E-state index contributed by atoms with van der Waals surface area (Å²) in [7, 11) is 0. The average Bonchev–Trinajstić information content (AvgIpc) is 3.01. The van der Waals surface area contributed by atoms with Gasteiger partial charge in [-0.15, -0.1) is 0 Å². The Balaban J connectivity index is 1.57. The number of fused-ring (bicyclic) bond motifs is 1. The van der Waals surface area contributed by atoms with Gasteiger partial charge in [-0.05, 0) is 65.2 Å². The van der Waals surface area contributed by atoms with E-state index in [1.807, 2.05) is 26.0 Å². The zero-order chi connectivity index (χ0) is 18.7. The Morgan fingerprint density at radius 3 is 2.54 bits per heavy atom. The van der Waals surface area contributed by atoms with Crippen LogP contribution in [0.1, 0.15) is 16.7 Å². The van der Waals surface area contributed by atoms with E-state index in [1.54, 1.807) is 12.1 Å². The van der Waals surface area contributed by atoms with Crippen molar-refractivity contribution in [3.8, 4) is 17.2 Å². The van der Waals surface area contributed by atoms with Crippen LogP contribution in [0.15, 0.2) is 38.3 Å². The topological polar surface area (TPSA) is 69.2 Å². The van der Waals surface area contributed by atoms with E-state index in [4.69, 9.17) is 14.2 Å². The van der Waals surface area contributed by atoms with Crippen LogP contribution in [-0.4, -0.2) is 25.5 Å². The van der Waals surface area contributed by atoms with Crippen LogP contribution >= 0.6 is 31.9 Å². The van der Waals surface area contributed by atoms with Crippen molar-refractivity contribution in [3.63, 3.8) is 0 Å². The van der Waals surface area contributed by atoms with Gasteiger partial charge in [0.05, 0.1) is 6.21 Å². The minimum absolute atomic E-state index is 0.122. The standard InChI is InChI=1S/C18H16Br2N2O4/c1-10-3-13(19)4-11(2)18(10)24-8-17(23)22-21-7-12-5-15-16(6-14(12)20)26-9-25-15/h3-7H,8-9H2,1-2H3,(H,22,23)/b21-7-. The second-order valence-electron chi connectivity index (χ2n) is 5.68. The van der Waals surface area contributed by atoms with Gasteiger partial charge in [-0.2, -0.15) is 5.10 Å². The lowest BCUT2D eigenvalue weighted by molar-refractivity contribution is -0.123. The average molecular weight is 484 g/mol. The van der Waals surface area contributed by atoms with Gasteiger partial charge in [0.2, 0.25) is 6.79 Å². The molecule has 0 fully saturated rings. The Labute approximate surface area is 167 Å². The SMILES string of the molecule is Cc1cc(Br)cc(C)c1OCC(=O)N/N=C\c1cc2c(cc1Br)OCO2. The van der Waals surface area contributed by atoms with Gasteiger partial charge in [-0.1, -0.05) is 15.9 Å². The number of hydrogen-bond donors (Lipinski definition) is 1. The van der Waals surface area contributed by atoms with E-state index in [0.717, 1.165) is 25.6 Å². The van der Waals surface area contributed by atoms with Crippen molar-refractivity contribution in [2.45, 2.75) is 13.8 Å². The molecule has 0 unspecified atom stereocenters. The van der Waals surface area contributed by atoms with Gasteiger partial charge in [0.15, 0.2) is 18.1 Å². The zero-order valence-corrected chi connectivity index (χ0v) is 17.3. The number of benzene rings is 2. The summed E-state index contributed by atoms with van der Waals surface area (Å²) < 4.78 is 18.0. The van der Waals surface area contributed by atoms with Crippen molar-refractivity contribution in [1.29, 1.82) is 0 Å². The molecule has 136 valence electrons. The minimum atomic E-state index is -0.347. The molecule has 2 aromatic rings. The lowest BCUT2D eigenvalue weighted by Crippen LogP contribution is -2.25. The van der Waals surface area contributed by atoms with Gasteiger partial charge in [-0.3, -0.25) is 4.79 Å². The maximum Gasteiger partial charge on any atom is 0.277 e. The first-order chi connectivity index (χ1) is 12.4. The second kappa shape index (κ2) is 8.09. The van der Waals surface area contributed by atoms with Crippen LogP contribution in [0.2, 0.25) is 0 Å². The molecule has 2 aromatic carbocycles. The van der Waals surface area contributed by atoms with E-state index in [-0.39, 0.29) is 19.3 Å². The van der Waals surface area contributed by atoms with E-state index in [0.29, 0.717) is 17.2 Å². The van der Waals surface area contributed by atoms with Gasteiger partial charge >= 0.3 is 0 Å². The Morgan fingerprint density at radius 1 is 1.19 bits per heavy atom. The number of carbonyl (C=O) groups is 1. The molecule has 0 saturated heterocycles. The molecule has 1 aliphatic rings. The molecular weight excluding hydrogens is 468 g/mol. The first-order valence-electron chi connectivity index (χ1n) is 7.74. The van der Waals surface area contributed by atoms with Crippen LogP contribution in [0.4, 0.5) is 0 Å². The molecule has 26 heavy (non-hydrogen) atoms. The fraction of sp³-hybridized carbons (Fsp3) is 0.222. The smallest absolute Gasteiger partial charge is 0.277 e. The minimum Gasteiger partial charge on any atom is -0.483 e. The third-order valence-corrected chi connectivity index (χ3v) is 4.80. The van der Waals surface area contributed by atoms with Crippen LogP contribution < -0.4 is 19.6 Å². The fourth-order valence-electron chi connectivity index (χ4n) is 2.50. The molecule has 0 atom stereocenters. The van der Waals surface area contributed by atoms with E-state index >= 15 is 0 Å². The quantitative estimate of drug-likeness (QED) is 0.513. The number of halogens is 2. The number of hydrogen-bond acceptors (Lipinski definition) is 5. The molecule has 1 heterocycles. The van der Waals surface area contributed by atoms with Gasteiger partial charge in [0.25, 0.3) is 5.91 Å². The van der Waals surface area contributed by atoms with Crippen molar-refractivity contribution in [1.82, 2.24) is 5.43 Å². The zero-order valence-electron chi connectivity index (χ0n) is 14.1. The summed E-state index contributed by atoms with van der Waals surface area (Å²) in [5.74, 6) is 1.67. The number of rotatable bonds is 5. The number of nitrogens with zero attached hydrogens (tertiary/aromatic N) is 1. The first-order valence-corrected chi connectivity index (χ1v) is 9.33. The molecule has 1 aliphatic heterocycles. The molecule has 0 radical (unpaired) electrons. The highest BCUT2D eigenvalue weighted by Gasteiger charge is 2.15. The highest BCUT2D eigenvalue weighted by Crippen LogP contribution is 2.36. The molecule has 3 rings (SSSR count).